The number of hydrogen-bond acceptors (Lipinski definition) is 4. The van der Waals surface area contributed by atoms with Gasteiger partial charge in [0.1, 0.15) is 12.4 Å². The van der Waals surface area contributed by atoms with E-state index in [-0.39, 0.29) is 11.8 Å². The van der Waals surface area contributed by atoms with Crippen molar-refractivity contribution in [2.24, 2.45) is 22.7 Å². The fourth-order valence-electron chi connectivity index (χ4n) is 3.58. The molecule has 1 saturated carbocycles. The molecule has 130 valence electrons. The van der Waals surface area contributed by atoms with Crippen LogP contribution in [0, 0.1) is 24.7 Å². The number of benzene rings is 1. The third-order valence-corrected chi connectivity index (χ3v) is 4.92. The highest BCUT2D eigenvalue weighted by Crippen LogP contribution is 2.48. The van der Waals surface area contributed by atoms with E-state index in [9.17, 15) is 4.79 Å². The number of carbonyl (C=O) groups is 1. The van der Waals surface area contributed by atoms with Crippen molar-refractivity contribution in [1.82, 2.24) is 10.6 Å². The Hall–Kier alpha value is -1.88. The Morgan fingerprint density at radius 3 is 2.75 bits per heavy atom. The van der Waals surface area contributed by atoms with E-state index >= 15 is 0 Å². The number of aliphatic imine (C=N–C) groups is 1. The van der Waals surface area contributed by atoms with Crippen molar-refractivity contribution in [2.45, 2.75) is 26.3 Å². The second kappa shape index (κ2) is 6.55. The largest absolute Gasteiger partial charge is 0.491 e. The van der Waals surface area contributed by atoms with Gasteiger partial charge in [-0.15, -0.1) is 0 Å². The molecule has 0 radical (unpaired) electrons. The molecule has 1 saturated heterocycles. The summed E-state index contributed by atoms with van der Waals surface area (Å²) in [5.74, 6) is 2.29. The van der Waals surface area contributed by atoms with Crippen LogP contribution in [0.5, 0.6) is 5.75 Å². The van der Waals surface area contributed by atoms with Crippen LogP contribution in [0.4, 0.5) is 0 Å². The van der Waals surface area contributed by atoms with E-state index in [1.807, 2.05) is 45.2 Å². The predicted octanol–water partition coefficient (Wildman–Crippen LogP) is 1.78. The summed E-state index contributed by atoms with van der Waals surface area (Å²) in [6.07, 6.45) is 1.82. The molecule has 5 heteroatoms. The molecule has 0 spiro atoms. The SMILES string of the molecule is CN=Cc1ccc(OCC(C)(C)NC(=O)C2C3CNCC32)c(C)c1. The molecule has 2 aliphatic rings. The molecule has 24 heavy (non-hydrogen) atoms. The van der Waals surface area contributed by atoms with E-state index in [0.29, 0.717) is 18.4 Å². The minimum Gasteiger partial charge on any atom is -0.491 e. The number of nitrogens with zero attached hydrogens (tertiary/aromatic N) is 1. The zero-order valence-corrected chi connectivity index (χ0v) is 14.9. The van der Waals surface area contributed by atoms with Crippen molar-refractivity contribution in [3.05, 3.63) is 29.3 Å². The summed E-state index contributed by atoms with van der Waals surface area (Å²) in [4.78, 5) is 16.4. The van der Waals surface area contributed by atoms with Crippen LogP contribution < -0.4 is 15.4 Å². The molecule has 2 atom stereocenters. The maximum absolute atomic E-state index is 12.4. The smallest absolute Gasteiger partial charge is 0.224 e. The zero-order valence-electron chi connectivity index (χ0n) is 14.9. The van der Waals surface area contributed by atoms with Crippen molar-refractivity contribution in [3.8, 4) is 5.75 Å². The molecule has 2 N–H and O–H groups in total. The second-order valence-corrected chi connectivity index (χ2v) is 7.59. The van der Waals surface area contributed by atoms with Crippen molar-refractivity contribution < 1.29 is 9.53 Å². The molecular formula is C19H27N3O2. The summed E-state index contributed by atoms with van der Waals surface area (Å²) in [7, 11) is 1.76. The second-order valence-electron chi connectivity index (χ2n) is 7.59. The molecule has 1 aliphatic carbocycles. The van der Waals surface area contributed by atoms with Gasteiger partial charge in [-0.1, -0.05) is 0 Å². The third kappa shape index (κ3) is 3.61. The lowest BCUT2D eigenvalue weighted by atomic mass is 10.1. The Labute approximate surface area is 143 Å². The van der Waals surface area contributed by atoms with Crippen molar-refractivity contribution in [3.63, 3.8) is 0 Å². The number of hydrogen-bond donors (Lipinski definition) is 2. The number of carbonyl (C=O) groups excluding carboxylic acids is 1. The molecule has 2 unspecified atom stereocenters. The van der Waals surface area contributed by atoms with Gasteiger partial charge in [0.15, 0.2) is 0 Å². The van der Waals surface area contributed by atoms with Crippen molar-refractivity contribution >= 4 is 12.1 Å². The number of ether oxygens (including phenoxy) is 1. The molecule has 1 aliphatic heterocycles. The lowest BCUT2D eigenvalue weighted by Crippen LogP contribution is -2.49. The van der Waals surface area contributed by atoms with Crippen LogP contribution >= 0.6 is 0 Å². The Morgan fingerprint density at radius 1 is 1.42 bits per heavy atom. The van der Waals surface area contributed by atoms with Gasteiger partial charge in [-0.05, 0) is 75.0 Å². The molecule has 1 amide bonds. The van der Waals surface area contributed by atoms with Gasteiger partial charge >= 0.3 is 0 Å². The monoisotopic (exact) mass is 329 g/mol. The molecule has 1 aromatic rings. The number of fused-ring (bicyclic) bond motifs is 1. The normalized spacial score (nSPS) is 25.6. The first-order chi connectivity index (χ1) is 11.4. The van der Waals surface area contributed by atoms with Gasteiger partial charge in [-0.25, -0.2) is 0 Å². The molecule has 5 nitrogen and oxygen atoms in total. The van der Waals surface area contributed by atoms with Gasteiger partial charge in [-0.3, -0.25) is 9.79 Å². The molecule has 0 aromatic heterocycles. The summed E-state index contributed by atoms with van der Waals surface area (Å²) in [5.41, 5.74) is 1.73. The van der Waals surface area contributed by atoms with E-state index in [4.69, 9.17) is 4.74 Å². The van der Waals surface area contributed by atoms with E-state index in [1.54, 1.807) is 7.05 Å². The molecule has 2 fully saturated rings. The molecule has 1 aromatic carbocycles. The highest BCUT2D eigenvalue weighted by molar-refractivity contribution is 5.83. The number of piperidine rings is 1. The summed E-state index contributed by atoms with van der Waals surface area (Å²) >= 11 is 0. The number of amides is 1. The van der Waals surface area contributed by atoms with Gasteiger partial charge in [0, 0.05) is 19.2 Å². The highest BCUT2D eigenvalue weighted by atomic mass is 16.5. The van der Waals surface area contributed by atoms with Gasteiger partial charge in [0.2, 0.25) is 5.91 Å². The van der Waals surface area contributed by atoms with Gasteiger partial charge in [0.25, 0.3) is 0 Å². The summed E-state index contributed by atoms with van der Waals surface area (Å²) in [6.45, 7) is 8.44. The minimum atomic E-state index is -0.391. The molecule has 0 bridgehead atoms. The Morgan fingerprint density at radius 2 is 2.12 bits per heavy atom. The Bertz CT molecular complexity index is 644. The van der Waals surface area contributed by atoms with E-state index in [1.165, 1.54) is 0 Å². The van der Waals surface area contributed by atoms with Crippen LogP contribution in [0.2, 0.25) is 0 Å². The van der Waals surface area contributed by atoms with Crippen LogP contribution in [0.3, 0.4) is 0 Å². The quantitative estimate of drug-likeness (QED) is 0.782. The van der Waals surface area contributed by atoms with E-state index < -0.39 is 5.54 Å². The minimum absolute atomic E-state index is 0.173. The van der Waals surface area contributed by atoms with Crippen LogP contribution in [0.1, 0.15) is 25.0 Å². The number of nitrogens with one attached hydrogen (secondary N) is 2. The summed E-state index contributed by atoms with van der Waals surface area (Å²) < 4.78 is 5.96. The maximum Gasteiger partial charge on any atom is 0.224 e. The third-order valence-electron chi connectivity index (χ3n) is 4.92. The first-order valence-corrected chi connectivity index (χ1v) is 8.59. The van der Waals surface area contributed by atoms with E-state index in [2.05, 4.69) is 15.6 Å². The van der Waals surface area contributed by atoms with E-state index in [0.717, 1.165) is 30.0 Å². The van der Waals surface area contributed by atoms with Crippen LogP contribution in [-0.2, 0) is 4.79 Å². The average molecular weight is 329 g/mol. The Kier molecular flexibility index (Phi) is 4.63. The lowest BCUT2D eigenvalue weighted by Gasteiger charge is -2.27. The predicted molar refractivity (Wildman–Crippen MR) is 95.8 cm³/mol. The van der Waals surface area contributed by atoms with Crippen LogP contribution in [0.25, 0.3) is 0 Å². The fraction of sp³-hybridized carbons (Fsp3) is 0.579. The van der Waals surface area contributed by atoms with Crippen LogP contribution in [0.15, 0.2) is 23.2 Å². The summed E-state index contributed by atoms with van der Waals surface area (Å²) in [5, 5.41) is 6.48. The molecule has 3 rings (SSSR count). The van der Waals surface area contributed by atoms with Gasteiger partial charge in [0.05, 0.1) is 5.54 Å². The standard InChI is InChI=1S/C19H27N3O2/c1-12-7-13(8-20-4)5-6-16(12)24-11-19(2,3)22-18(23)17-14-9-21-10-15(14)17/h5-8,14-15,17,21H,9-11H2,1-4H3,(H,22,23). The van der Waals surface area contributed by atoms with Crippen LogP contribution in [-0.4, -0.2) is 44.4 Å². The fourth-order valence-corrected chi connectivity index (χ4v) is 3.58. The topological polar surface area (TPSA) is 62.7 Å². The Balaban J connectivity index is 1.54. The maximum atomic E-state index is 12.4. The summed E-state index contributed by atoms with van der Waals surface area (Å²) in [6, 6.07) is 5.99. The average Bonchev–Trinajstić information content (AvgIpc) is 3.00. The zero-order chi connectivity index (χ0) is 17.3. The van der Waals surface area contributed by atoms with Gasteiger partial charge in [-0.2, -0.15) is 0 Å². The first-order valence-electron chi connectivity index (χ1n) is 8.59. The molecule has 1 heterocycles. The highest BCUT2D eigenvalue weighted by Gasteiger charge is 2.57. The van der Waals surface area contributed by atoms with Gasteiger partial charge < -0.3 is 15.4 Å². The lowest BCUT2D eigenvalue weighted by molar-refractivity contribution is -0.125. The van der Waals surface area contributed by atoms with Crippen molar-refractivity contribution in [2.75, 3.05) is 26.7 Å². The van der Waals surface area contributed by atoms with Crippen molar-refractivity contribution in [1.29, 1.82) is 0 Å². The number of rotatable bonds is 6. The number of aryl methyl sites for hydroxylation is 1. The molecular weight excluding hydrogens is 302 g/mol. The first kappa shape index (κ1) is 17.0.